The Bertz CT molecular complexity index is 388. The number of hydrogen-bond acceptors (Lipinski definition) is 3. The molecule has 2 aliphatic rings. The van der Waals surface area contributed by atoms with Crippen molar-refractivity contribution in [3.05, 3.63) is 0 Å². The molecule has 0 spiro atoms. The lowest BCUT2D eigenvalue weighted by Gasteiger charge is -2.49. The lowest BCUT2D eigenvalue weighted by Crippen LogP contribution is -2.64. The fourth-order valence-corrected chi connectivity index (χ4v) is 4.17. The molecule has 0 amide bonds. The zero-order valence-corrected chi connectivity index (χ0v) is 12.0. The van der Waals surface area contributed by atoms with Crippen LogP contribution in [0.1, 0.15) is 27.2 Å². The van der Waals surface area contributed by atoms with Gasteiger partial charge >= 0.3 is 0 Å². The van der Waals surface area contributed by atoms with Gasteiger partial charge in [-0.05, 0) is 27.2 Å². The Balaban J connectivity index is 2.15. The van der Waals surface area contributed by atoms with Crippen LogP contribution in [0, 0.1) is 0 Å². The molecular weight excluding hydrogens is 238 g/mol. The van der Waals surface area contributed by atoms with Crippen molar-refractivity contribution < 1.29 is 8.42 Å². The quantitative estimate of drug-likeness (QED) is 0.632. The molecule has 0 radical (unpaired) electrons. The molecule has 2 saturated heterocycles. The van der Waals surface area contributed by atoms with Gasteiger partial charge in [-0.1, -0.05) is 0 Å². The van der Waals surface area contributed by atoms with Crippen molar-refractivity contribution >= 4 is 10.2 Å². The summed E-state index contributed by atoms with van der Waals surface area (Å²) in [5.41, 5.74) is 0.124. The minimum Gasteiger partial charge on any atom is -0.296 e. The van der Waals surface area contributed by atoms with E-state index in [9.17, 15) is 8.42 Å². The van der Waals surface area contributed by atoms with E-state index in [0.717, 1.165) is 19.5 Å². The molecule has 0 bridgehead atoms. The molecule has 2 fully saturated rings. The Labute approximate surface area is 105 Å². The Morgan fingerprint density at radius 1 is 1.12 bits per heavy atom. The van der Waals surface area contributed by atoms with Crippen molar-refractivity contribution in [3.63, 3.8) is 0 Å². The maximum atomic E-state index is 12.1. The largest absolute Gasteiger partial charge is 0.296 e. The second-order valence-corrected chi connectivity index (χ2v) is 7.99. The van der Waals surface area contributed by atoms with Gasteiger partial charge in [0, 0.05) is 44.8 Å². The summed E-state index contributed by atoms with van der Waals surface area (Å²) in [7, 11) is -1.52. The van der Waals surface area contributed by atoms with Gasteiger partial charge in [-0.15, -0.1) is 0 Å². The van der Waals surface area contributed by atoms with Crippen molar-refractivity contribution in [2.45, 2.75) is 38.8 Å². The highest BCUT2D eigenvalue weighted by Gasteiger charge is 2.42. The van der Waals surface area contributed by atoms with Crippen LogP contribution in [-0.4, -0.2) is 66.7 Å². The highest BCUT2D eigenvalue weighted by Crippen LogP contribution is 2.27. The third-order valence-electron chi connectivity index (χ3n) is 3.84. The molecule has 0 aromatic carbocycles. The van der Waals surface area contributed by atoms with E-state index in [1.165, 1.54) is 4.31 Å². The first kappa shape index (κ1) is 13.3. The van der Waals surface area contributed by atoms with Crippen LogP contribution in [0.4, 0.5) is 0 Å². The van der Waals surface area contributed by atoms with Gasteiger partial charge in [-0.3, -0.25) is 4.90 Å². The van der Waals surface area contributed by atoms with Gasteiger partial charge in [0.05, 0.1) is 0 Å². The van der Waals surface area contributed by atoms with E-state index >= 15 is 0 Å². The van der Waals surface area contributed by atoms with E-state index in [0.29, 0.717) is 13.1 Å². The van der Waals surface area contributed by atoms with Crippen LogP contribution in [0.3, 0.4) is 0 Å². The van der Waals surface area contributed by atoms with E-state index in [-0.39, 0.29) is 11.6 Å². The third kappa shape index (κ3) is 2.36. The molecule has 2 heterocycles. The van der Waals surface area contributed by atoms with Gasteiger partial charge < -0.3 is 0 Å². The SMILES string of the molecule is CN1CC[C@@H]2CN(C(C)(C)C)CCN2S1(=O)=O. The first-order chi connectivity index (χ1) is 7.73. The van der Waals surface area contributed by atoms with E-state index in [1.54, 1.807) is 11.4 Å². The minimum atomic E-state index is -3.19. The standard InChI is InChI=1S/C11H23N3O2S/c1-11(2,3)13-7-8-14-10(9-13)5-6-12(4)17(14,15)16/h10H,5-9H2,1-4H3/t10-/m1/s1. The van der Waals surface area contributed by atoms with Crippen LogP contribution < -0.4 is 0 Å². The maximum Gasteiger partial charge on any atom is 0.282 e. The topological polar surface area (TPSA) is 43.9 Å². The van der Waals surface area contributed by atoms with Crippen LogP contribution in [-0.2, 0) is 10.2 Å². The molecule has 0 aromatic rings. The average molecular weight is 261 g/mol. The van der Waals surface area contributed by atoms with Crippen LogP contribution in [0.5, 0.6) is 0 Å². The normalized spacial score (nSPS) is 32.4. The number of rotatable bonds is 0. The van der Waals surface area contributed by atoms with E-state index in [1.807, 2.05) is 0 Å². The molecule has 5 nitrogen and oxygen atoms in total. The Morgan fingerprint density at radius 2 is 1.76 bits per heavy atom. The molecule has 0 aromatic heterocycles. The van der Waals surface area contributed by atoms with Crippen molar-refractivity contribution in [3.8, 4) is 0 Å². The third-order valence-corrected chi connectivity index (χ3v) is 5.89. The molecule has 0 saturated carbocycles. The molecule has 0 N–H and O–H groups in total. The second kappa shape index (κ2) is 4.19. The lowest BCUT2D eigenvalue weighted by atomic mass is 10.0. The van der Waals surface area contributed by atoms with E-state index in [4.69, 9.17) is 0 Å². The smallest absolute Gasteiger partial charge is 0.282 e. The van der Waals surface area contributed by atoms with Gasteiger partial charge in [0.1, 0.15) is 0 Å². The van der Waals surface area contributed by atoms with Gasteiger partial charge in [0.15, 0.2) is 0 Å². The van der Waals surface area contributed by atoms with Gasteiger partial charge in [0.25, 0.3) is 10.2 Å². The highest BCUT2D eigenvalue weighted by atomic mass is 32.2. The fraction of sp³-hybridized carbons (Fsp3) is 1.00. The van der Waals surface area contributed by atoms with Gasteiger partial charge in [-0.25, -0.2) is 0 Å². The minimum absolute atomic E-state index is 0.124. The summed E-state index contributed by atoms with van der Waals surface area (Å²) in [4.78, 5) is 2.38. The molecule has 100 valence electrons. The molecule has 0 unspecified atom stereocenters. The summed E-state index contributed by atoms with van der Waals surface area (Å²) >= 11 is 0. The summed E-state index contributed by atoms with van der Waals surface area (Å²) in [6, 6.07) is 0.157. The van der Waals surface area contributed by atoms with E-state index < -0.39 is 10.2 Å². The molecule has 17 heavy (non-hydrogen) atoms. The van der Waals surface area contributed by atoms with Crippen LogP contribution in [0.2, 0.25) is 0 Å². The molecule has 0 aliphatic carbocycles. The fourth-order valence-electron chi connectivity index (χ4n) is 2.61. The summed E-state index contributed by atoms with van der Waals surface area (Å²) in [5.74, 6) is 0. The van der Waals surface area contributed by atoms with Crippen molar-refractivity contribution in [2.24, 2.45) is 0 Å². The van der Waals surface area contributed by atoms with Crippen LogP contribution in [0.25, 0.3) is 0 Å². The second-order valence-electron chi connectivity index (χ2n) is 6.00. The van der Waals surface area contributed by atoms with Gasteiger partial charge in [-0.2, -0.15) is 17.0 Å². The summed E-state index contributed by atoms with van der Waals surface area (Å²) in [6.07, 6.45) is 0.933. The zero-order valence-electron chi connectivity index (χ0n) is 11.2. The van der Waals surface area contributed by atoms with Crippen LogP contribution >= 0.6 is 0 Å². The predicted molar refractivity (Wildman–Crippen MR) is 68.0 cm³/mol. The highest BCUT2D eigenvalue weighted by molar-refractivity contribution is 7.86. The van der Waals surface area contributed by atoms with Crippen molar-refractivity contribution in [1.29, 1.82) is 0 Å². The first-order valence-corrected chi connectivity index (χ1v) is 7.61. The predicted octanol–water partition coefficient (Wildman–Crippen LogP) is 0.351. The van der Waals surface area contributed by atoms with Gasteiger partial charge in [0.2, 0.25) is 0 Å². The molecule has 2 rings (SSSR count). The summed E-state index contributed by atoms with van der Waals surface area (Å²) < 4.78 is 27.4. The van der Waals surface area contributed by atoms with Crippen molar-refractivity contribution in [2.75, 3.05) is 33.2 Å². The number of piperazine rings is 1. The van der Waals surface area contributed by atoms with Crippen molar-refractivity contribution in [1.82, 2.24) is 13.5 Å². The number of fused-ring (bicyclic) bond motifs is 1. The maximum absolute atomic E-state index is 12.1. The van der Waals surface area contributed by atoms with Crippen LogP contribution in [0.15, 0.2) is 0 Å². The molecule has 6 heteroatoms. The average Bonchev–Trinajstić information content (AvgIpc) is 2.22. The summed E-state index contributed by atoms with van der Waals surface area (Å²) in [6.45, 7) is 9.50. The Hall–Kier alpha value is -0.170. The first-order valence-electron chi connectivity index (χ1n) is 6.21. The molecule has 1 atom stereocenters. The molecule has 2 aliphatic heterocycles. The lowest BCUT2D eigenvalue weighted by molar-refractivity contribution is 0.0455. The zero-order chi connectivity index (χ0) is 12.8. The number of hydrogen-bond donors (Lipinski definition) is 0. The Kier molecular flexibility index (Phi) is 3.27. The number of nitrogens with zero attached hydrogens (tertiary/aromatic N) is 3. The molecular formula is C11H23N3O2S. The van der Waals surface area contributed by atoms with E-state index in [2.05, 4.69) is 25.7 Å². The summed E-state index contributed by atoms with van der Waals surface area (Å²) in [5, 5.41) is 0. The Morgan fingerprint density at radius 3 is 2.35 bits per heavy atom. The monoisotopic (exact) mass is 261 g/mol.